The second-order valence-corrected chi connectivity index (χ2v) is 9.65. The average Bonchev–Trinajstić information content (AvgIpc) is 3.63. The summed E-state index contributed by atoms with van der Waals surface area (Å²) in [5.41, 5.74) is 4.40. The van der Waals surface area contributed by atoms with Gasteiger partial charge < -0.3 is 15.1 Å². The molecule has 8 bridgehead atoms. The van der Waals surface area contributed by atoms with Gasteiger partial charge >= 0.3 is 5.97 Å². The number of alkyl halides is 2. The number of carboxylic acids is 1. The van der Waals surface area contributed by atoms with Crippen LogP contribution in [-0.4, -0.2) is 37.5 Å². The van der Waals surface area contributed by atoms with E-state index in [1.54, 1.807) is 18.2 Å². The van der Waals surface area contributed by atoms with Gasteiger partial charge in [0.25, 0.3) is 0 Å². The maximum atomic E-state index is 11.4. The summed E-state index contributed by atoms with van der Waals surface area (Å²) in [7, 11) is 0. The van der Waals surface area contributed by atoms with Crippen LogP contribution in [0.25, 0.3) is 12.2 Å². The molecule has 2 aromatic heterocycles. The molecule has 3 N–H and O–H groups in total. The van der Waals surface area contributed by atoms with Crippen molar-refractivity contribution < 1.29 is 9.90 Å². The fraction of sp³-hybridized carbons (Fsp3) is 0.0741. The highest BCUT2D eigenvalue weighted by atomic mass is 35.5. The molecular weight excluding hydrogens is 483 g/mol. The van der Waals surface area contributed by atoms with Crippen LogP contribution < -0.4 is 10.7 Å². The number of nitrogens with zero attached hydrogens (tertiary/aromatic N) is 2. The number of H-pyrrole nitrogens is 2. The Morgan fingerprint density at radius 1 is 0.829 bits per heavy atom. The Morgan fingerprint density at radius 2 is 1.60 bits per heavy atom. The molecular formula is C27H18Cl2N4O2. The Kier molecular flexibility index (Phi) is 4.85. The third-order valence-electron chi connectivity index (χ3n) is 6.18. The van der Waals surface area contributed by atoms with Crippen LogP contribution in [0.3, 0.4) is 0 Å². The van der Waals surface area contributed by atoms with E-state index >= 15 is 0 Å². The molecule has 0 saturated heterocycles. The average molecular weight is 501 g/mol. The first kappa shape index (κ1) is 21.6. The molecule has 6 rings (SSSR count). The van der Waals surface area contributed by atoms with Gasteiger partial charge in [-0.2, -0.15) is 0 Å². The van der Waals surface area contributed by atoms with E-state index in [0.717, 1.165) is 27.8 Å². The Labute approximate surface area is 210 Å². The Balaban J connectivity index is 1.59. The minimum absolute atomic E-state index is 0.156. The molecule has 1 aromatic carbocycles. The number of allylic oxidation sites excluding steroid dienone is 4. The molecule has 0 saturated carbocycles. The van der Waals surface area contributed by atoms with E-state index in [0.29, 0.717) is 17.0 Å². The van der Waals surface area contributed by atoms with Crippen LogP contribution in [0.5, 0.6) is 0 Å². The largest absolute Gasteiger partial charge is 0.478 e. The number of nitrogens with one attached hydrogen (secondary N) is 2. The van der Waals surface area contributed by atoms with Gasteiger partial charge in [0, 0.05) is 22.1 Å². The lowest BCUT2D eigenvalue weighted by Gasteiger charge is -2.36. The maximum absolute atomic E-state index is 11.4. The minimum atomic E-state index is -1.38. The van der Waals surface area contributed by atoms with Gasteiger partial charge in [-0.15, -0.1) is 11.6 Å². The number of carbonyl (C=O) groups is 1. The summed E-state index contributed by atoms with van der Waals surface area (Å²) in [6, 6.07) is 14.1. The second kappa shape index (κ2) is 7.83. The molecule has 35 heavy (non-hydrogen) atoms. The summed E-state index contributed by atoms with van der Waals surface area (Å²) in [5.74, 6) is -1.02. The van der Waals surface area contributed by atoms with Gasteiger partial charge in [-0.05, 0) is 84.5 Å². The van der Waals surface area contributed by atoms with Crippen molar-refractivity contribution in [2.75, 3.05) is 0 Å². The van der Waals surface area contributed by atoms with Crippen LogP contribution in [0, 0.1) is 0 Å². The lowest BCUT2D eigenvalue weighted by atomic mass is 9.87. The summed E-state index contributed by atoms with van der Waals surface area (Å²) < 4.78 is 0. The smallest absolute Gasteiger partial charge is 0.335 e. The fourth-order valence-electron chi connectivity index (χ4n) is 4.45. The van der Waals surface area contributed by atoms with Gasteiger partial charge in [0.15, 0.2) is 9.87 Å². The number of aromatic nitrogens is 2. The molecule has 3 aliphatic heterocycles. The zero-order valence-corrected chi connectivity index (χ0v) is 19.7. The lowest BCUT2D eigenvalue weighted by molar-refractivity contribution is 0.0697. The highest BCUT2D eigenvalue weighted by Gasteiger charge is 2.53. The van der Waals surface area contributed by atoms with E-state index in [2.05, 4.69) is 15.0 Å². The van der Waals surface area contributed by atoms with Crippen molar-refractivity contribution in [3.8, 4) is 0 Å². The van der Waals surface area contributed by atoms with E-state index in [9.17, 15) is 9.90 Å². The predicted molar refractivity (Wildman–Crippen MR) is 139 cm³/mol. The van der Waals surface area contributed by atoms with Crippen LogP contribution in [0.15, 0.2) is 94.6 Å². The summed E-state index contributed by atoms with van der Waals surface area (Å²) in [6.45, 7) is 0. The normalized spacial score (nSPS) is 24.3. The van der Waals surface area contributed by atoms with Crippen LogP contribution in [0.1, 0.15) is 27.3 Å². The zero-order chi connectivity index (χ0) is 24.2. The molecule has 6 nitrogen and oxygen atoms in total. The molecule has 3 aliphatic rings. The van der Waals surface area contributed by atoms with Crippen LogP contribution in [0.2, 0.25) is 0 Å². The first-order valence-electron chi connectivity index (χ1n) is 10.9. The van der Waals surface area contributed by atoms with Crippen molar-refractivity contribution in [2.45, 2.75) is 9.87 Å². The number of carboxylic acid groups (broad SMARTS) is 1. The van der Waals surface area contributed by atoms with Crippen molar-refractivity contribution in [2.24, 2.45) is 9.98 Å². The molecule has 2 atom stereocenters. The van der Waals surface area contributed by atoms with E-state index in [1.165, 1.54) is 12.1 Å². The standard InChI is InChI=1S/C27H18Cl2N4O2/c28-26-12-11-23(33-26)15-21-8-7-19(31-21)13-18-5-6-20(30-18)14-22-9-10-24(32-22)27(26,29)17-3-1-16(2-4-17)25(34)35/h1-15,30,32H,(H,34,35). The first-order valence-corrected chi connectivity index (χ1v) is 11.7. The summed E-state index contributed by atoms with van der Waals surface area (Å²) in [4.78, 5) is 24.9. The Morgan fingerprint density at radius 3 is 2.37 bits per heavy atom. The third-order valence-corrected chi connectivity index (χ3v) is 7.48. The van der Waals surface area contributed by atoms with Gasteiger partial charge in [0.05, 0.1) is 22.7 Å². The fourth-order valence-corrected chi connectivity index (χ4v) is 5.16. The predicted octanol–water partition coefficient (Wildman–Crippen LogP) is 3.99. The number of aromatic carboxylic acids is 1. The molecule has 2 unspecified atom stereocenters. The molecule has 0 amide bonds. The molecule has 0 spiro atoms. The second-order valence-electron chi connectivity index (χ2n) is 8.51. The molecule has 3 aromatic rings. The van der Waals surface area contributed by atoms with Crippen molar-refractivity contribution in [3.63, 3.8) is 0 Å². The maximum Gasteiger partial charge on any atom is 0.335 e. The number of aliphatic imine (C=N–C) groups is 2. The molecule has 172 valence electrons. The number of benzene rings is 1. The Bertz CT molecular complexity index is 1650. The van der Waals surface area contributed by atoms with Crippen LogP contribution >= 0.6 is 23.2 Å². The monoisotopic (exact) mass is 500 g/mol. The molecule has 0 fully saturated rings. The number of rotatable bonds is 2. The Hall–Kier alpha value is -3.87. The number of halogens is 2. The molecule has 0 radical (unpaired) electrons. The van der Waals surface area contributed by atoms with Gasteiger partial charge in [0.2, 0.25) is 0 Å². The van der Waals surface area contributed by atoms with Crippen LogP contribution in [-0.2, 0) is 4.87 Å². The van der Waals surface area contributed by atoms with E-state index in [4.69, 9.17) is 28.2 Å². The minimum Gasteiger partial charge on any atom is -0.478 e. The molecule has 8 heteroatoms. The van der Waals surface area contributed by atoms with Crippen molar-refractivity contribution >= 4 is 52.7 Å². The van der Waals surface area contributed by atoms with E-state index in [-0.39, 0.29) is 5.56 Å². The highest BCUT2D eigenvalue weighted by molar-refractivity contribution is 6.38. The first-order chi connectivity index (χ1) is 16.8. The topological polar surface area (TPSA) is 93.6 Å². The van der Waals surface area contributed by atoms with Gasteiger partial charge in [-0.1, -0.05) is 23.7 Å². The van der Waals surface area contributed by atoms with Crippen molar-refractivity contribution in [1.29, 1.82) is 0 Å². The van der Waals surface area contributed by atoms with Crippen molar-refractivity contribution in [1.82, 2.24) is 9.97 Å². The van der Waals surface area contributed by atoms with Crippen molar-refractivity contribution in [3.05, 3.63) is 118 Å². The molecule has 0 aliphatic carbocycles. The quantitative estimate of drug-likeness (QED) is 0.366. The number of hydrogen-bond acceptors (Lipinski definition) is 3. The summed E-state index contributed by atoms with van der Waals surface area (Å²) in [5, 5.41) is 11.2. The summed E-state index contributed by atoms with van der Waals surface area (Å²) >= 11 is 14.6. The van der Waals surface area contributed by atoms with Gasteiger partial charge in [-0.3, -0.25) is 4.99 Å². The van der Waals surface area contributed by atoms with Gasteiger partial charge in [0.1, 0.15) is 0 Å². The zero-order valence-electron chi connectivity index (χ0n) is 18.2. The summed E-state index contributed by atoms with van der Waals surface area (Å²) in [6.07, 6.45) is 13.2. The van der Waals surface area contributed by atoms with Crippen LogP contribution in [0.4, 0.5) is 0 Å². The number of hydrogen-bond donors (Lipinski definition) is 3. The number of aromatic amines is 2. The third kappa shape index (κ3) is 3.62. The van der Waals surface area contributed by atoms with Gasteiger partial charge in [-0.25, -0.2) is 9.79 Å². The highest BCUT2D eigenvalue weighted by Crippen LogP contribution is 2.52. The SMILES string of the molecule is O=C(O)c1ccc(C2(Cl)c3ccc([nH]3)C=c3ccc([nH]3)=CC3=NC(=CC4=NC2(Cl)C=C4)C=C3)cc1. The molecule has 5 heterocycles. The van der Waals surface area contributed by atoms with E-state index < -0.39 is 15.8 Å². The van der Waals surface area contributed by atoms with E-state index in [1.807, 2.05) is 60.7 Å². The number of fused-ring (bicyclic) bond motifs is 6. The lowest BCUT2D eigenvalue weighted by Crippen LogP contribution is -2.41.